The van der Waals surface area contributed by atoms with Crippen LogP contribution in [0, 0.1) is 5.41 Å². The molecule has 164 valence electrons. The van der Waals surface area contributed by atoms with Crippen molar-refractivity contribution in [2.45, 2.75) is 41.7 Å². The minimum absolute atomic E-state index is 0.0523. The van der Waals surface area contributed by atoms with Gasteiger partial charge in [0.2, 0.25) is 0 Å². The summed E-state index contributed by atoms with van der Waals surface area (Å²) in [5, 5.41) is 4.87. The molecular weight excluding hydrogens is 436 g/mol. The van der Waals surface area contributed by atoms with Crippen molar-refractivity contribution in [3.05, 3.63) is 29.7 Å². The van der Waals surface area contributed by atoms with Crippen molar-refractivity contribution in [3.63, 3.8) is 0 Å². The van der Waals surface area contributed by atoms with Crippen LogP contribution in [0.3, 0.4) is 0 Å². The molecule has 0 amide bonds. The van der Waals surface area contributed by atoms with Crippen molar-refractivity contribution in [3.8, 4) is 0 Å². The normalized spacial score (nSPS) is 23.1. The average molecular weight is 461 g/mol. The number of nitrogens with two attached hydrogens (primary N) is 3. The Morgan fingerprint density at radius 3 is 2.74 bits per heavy atom. The third-order valence-electron chi connectivity index (χ3n) is 6.54. The van der Waals surface area contributed by atoms with E-state index >= 15 is 0 Å². The van der Waals surface area contributed by atoms with Gasteiger partial charge in [-0.2, -0.15) is 9.61 Å². The van der Waals surface area contributed by atoms with E-state index < -0.39 is 0 Å². The molecule has 2 atom stereocenters. The van der Waals surface area contributed by atoms with Crippen LogP contribution in [0.15, 0.2) is 34.4 Å². The van der Waals surface area contributed by atoms with Gasteiger partial charge in [-0.15, -0.1) is 0 Å². The van der Waals surface area contributed by atoms with Gasteiger partial charge in [0.1, 0.15) is 18.0 Å². The number of nitrogens with zero attached hydrogens (tertiary/aromatic N) is 5. The van der Waals surface area contributed by atoms with Crippen LogP contribution in [0.4, 0.5) is 17.3 Å². The van der Waals surface area contributed by atoms with E-state index in [-0.39, 0.29) is 23.4 Å². The van der Waals surface area contributed by atoms with Crippen LogP contribution in [0.1, 0.15) is 19.8 Å². The molecular formula is C20H25ClN8OS. The van der Waals surface area contributed by atoms with Crippen LogP contribution < -0.4 is 22.1 Å². The summed E-state index contributed by atoms with van der Waals surface area (Å²) in [5.74, 6) is 1.20. The van der Waals surface area contributed by atoms with Gasteiger partial charge in [0.15, 0.2) is 5.65 Å². The highest BCUT2D eigenvalue weighted by Crippen LogP contribution is 2.44. The van der Waals surface area contributed by atoms with Gasteiger partial charge in [0, 0.05) is 41.7 Å². The zero-order valence-corrected chi connectivity index (χ0v) is 18.7. The van der Waals surface area contributed by atoms with Gasteiger partial charge in [0.25, 0.3) is 0 Å². The van der Waals surface area contributed by atoms with Crippen molar-refractivity contribution >= 4 is 46.3 Å². The maximum Gasteiger partial charge on any atom is 0.173 e. The third-order valence-corrected chi connectivity index (χ3v) is 8.23. The molecule has 0 radical (unpaired) electrons. The van der Waals surface area contributed by atoms with Crippen molar-refractivity contribution in [2.24, 2.45) is 11.1 Å². The number of rotatable bonds is 3. The number of hydrogen-bond donors (Lipinski definition) is 3. The van der Waals surface area contributed by atoms with Gasteiger partial charge in [-0.05, 0) is 25.8 Å². The van der Waals surface area contributed by atoms with E-state index in [0.29, 0.717) is 16.4 Å². The Bertz CT molecular complexity index is 1130. The number of piperidine rings is 1. The second-order valence-corrected chi connectivity index (χ2v) is 9.71. The van der Waals surface area contributed by atoms with Crippen LogP contribution in [-0.4, -0.2) is 51.4 Å². The molecule has 11 heteroatoms. The monoisotopic (exact) mass is 460 g/mol. The predicted octanol–water partition coefficient (Wildman–Crippen LogP) is 2.43. The number of fused-ring (bicyclic) bond motifs is 1. The lowest BCUT2D eigenvalue weighted by Gasteiger charge is -2.42. The first-order chi connectivity index (χ1) is 14.9. The standard InChI is InChI=1S/C20H25ClN8OS/c1-11-17(23)20(9-30-11)3-6-28(7-4-20)14-8-12(22)16(19-26-10-27-29(14)19)31-13-2-5-25-18(24)15(13)21/h2,5,8,10-11,17H,3-4,6-7,9,22-23H2,1H3,(H2,24,25). The van der Waals surface area contributed by atoms with E-state index in [9.17, 15) is 0 Å². The molecule has 0 bridgehead atoms. The number of pyridine rings is 2. The second-order valence-electron chi connectivity index (χ2n) is 8.28. The van der Waals surface area contributed by atoms with E-state index in [1.165, 1.54) is 11.8 Å². The molecule has 3 aromatic heterocycles. The highest BCUT2D eigenvalue weighted by molar-refractivity contribution is 7.99. The number of nitrogen functional groups attached to an aromatic ring is 2. The largest absolute Gasteiger partial charge is 0.398 e. The zero-order chi connectivity index (χ0) is 21.8. The maximum absolute atomic E-state index is 6.49. The van der Waals surface area contributed by atoms with Crippen molar-refractivity contribution < 1.29 is 4.74 Å². The molecule has 31 heavy (non-hydrogen) atoms. The fraction of sp³-hybridized carbons (Fsp3) is 0.450. The van der Waals surface area contributed by atoms with E-state index in [2.05, 4.69) is 26.9 Å². The Kier molecular flexibility index (Phi) is 5.12. The van der Waals surface area contributed by atoms with Crippen LogP contribution in [0.5, 0.6) is 0 Å². The Labute approximate surface area is 189 Å². The molecule has 2 fully saturated rings. The number of halogens is 1. The van der Waals surface area contributed by atoms with Crippen molar-refractivity contribution in [1.82, 2.24) is 19.6 Å². The van der Waals surface area contributed by atoms with E-state index in [0.717, 1.165) is 48.1 Å². The Balaban J connectivity index is 1.45. The fourth-order valence-corrected chi connectivity index (χ4v) is 5.75. The first kappa shape index (κ1) is 20.6. The van der Waals surface area contributed by atoms with Crippen molar-refractivity contribution in [2.75, 3.05) is 36.1 Å². The van der Waals surface area contributed by atoms with E-state index in [1.54, 1.807) is 12.5 Å². The van der Waals surface area contributed by atoms with E-state index in [1.807, 2.05) is 16.6 Å². The molecule has 0 aromatic carbocycles. The fourth-order valence-electron chi connectivity index (χ4n) is 4.57. The highest BCUT2D eigenvalue weighted by atomic mass is 35.5. The molecule has 6 N–H and O–H groups in total. The molecule has 0 saturated carbocycles. The first-order valence-electron chi connectivity index (χ1n) is 10.2. The lowest BCUT2D eigenvalue weighted by molar-refractivity contribution is 0.0974. The number of hydrogen-bond acceptors (Lipinski definition) is 9. The van der Waals surface area contributed by atoms with E-state index in [4.69, 9.17) is 33.5 Å². The Hall–Kier alpha value is -2.27. The average Bonchev–Trinajstić information content (AvgIpc) is 3.35. The maximum atomic E-state index is 6.49. The SMILES string of the molecule is CC1OCC2(CCN(c3cc(N)c(Sc4ccnc(N)c4Cl)c4ncnn34)CC2)C1N. The summed E-state index contributed by atoms with van der Waals surface area (Å²) >= 11 is 7.74. The molecule has 2 saturated heterocycles. The molecule has 3 aromatic rings. The molecule has 2 aliphatic rings. The highest BCUT2D eigenvalue weighted by Gasteiger charge is 2.47. The molecule has 1 spiro atoms. The number of aromatic nitrogens is 4. The van der Waals surface area contributed by atoms with Crippen molar-refractivity contribution in [1.29, 1.82) is 0 Å². The summed E-state index contributed by atoms with van der Waals surface area (Å²) in [6.45, 7) is 4.51. The topological polar surface area (TPSA) is 134 Å². The third kappa shape index (κ3) is 3.38. The van der Waals surface area contributed by atoms with Gasteiger partial charge in [-0.1, -0.05) is 23.4 Å². The predicted molar refractivity (Wildman–Crippen MR) is 122 cm³/mol. The number of anilines is 3. The summed E-state index contributed by atoms with van der Waals surface area (Å²) in [6.07, 6.45) is 5.21. The van der Waals surface area contributed by atoms with Gasteiger partial charge in [-0.3, -0.25) is 0 Å². The lowest BCUT2D eigenvalue weighted by Crippen LogP contribution is -2.51. The van der Waals surface area contributed by atoms with Crippen LogP contribution in [-0.2, 0) is 4.74 Å². The molecule has 2 unspecified atom stereocenters. The summed E-state index contributed by atoms with van der Waals surface area (Å²) in [7, 11) is 0. The minimum atomic E-state index is 0.0523. The number of ether oxygens (including phenoxy) is 1. The quantitative estimate of drug-likeness (QED) is 0.538. The lowest BCUT2D eigenvalue weighted by atomic mass is 9.73. The van der Waals surface area contributed by atoms with Crippen LogP contribution in [0.2, 0.25) is 5.02 Å². The summed E-state index contributed by atoms with van der Waals surface area (Å²) in [5.41, 5.74) is 20.2. The second kappa shape index (κ2) is 7.70. The Morgan fingerprint density at radius 2 is 2.03 bits per heavy atom. The smallest absolute Gasteiger partial charge is 0.173 e. The minimum Gasteiger partial charge on any atom is -0.398 e. The van der Waals surface area contributed by atoms with Gasteiger partial charge >= 0.3 is 0 Å². The van der Waals surface area contributed by atoms with Crippen LogP contribution >= 0.6 is 23.4 Å². The molecule has 2 aliphatic heterocycles. The van der Waals surface area contributed by atoms with Gasteiger partial charge in [-0.25, -0.2) is 9.97 Å². The van der Waals surface area contributed by atoms with Crippen LogP contribution in [0.25, 0.3) is 5.65 Å². The molecule has 5 rings (SSSR count). The molecule has 9 nitrogen and oxygen atoms in total. The van der Waals surface area contributed by atoms with Gasteiger partial charge < -0.3 is 26.8 Å². The zero-order valence-electron chi connectivity index (χ0n) is 17.2. The Morgan fingerprint density at radius 1 is 1.26 bits per heavy atom. The first-order valence-corrected chi connectivity index (χ1v) is 11.4. The molecule has 0 aliphatic carbocycles. The van der Waals surface area contributed by atoms with Gasteiger partial charge in [0.05, 0.1) is 28.3 Å². The summed E-state index contributed by atoms with van der Waals surface area (Å²) < 4.78 is 7.68. The molecule has 5 heterocycles. The summed E-state index contributed by atoms with van der Waals surface area (Å²) in [6, 6.07) is 3.83. The summed E-state index contributed by atoms with van der Waals surface area (Å²) in [4.78, 5) is 12.3.